The van der Waals surface area contributed by atoms with Gasteiger partial charge in [-0.1, -0.05) is 157 Å². The number of nitrogen functional groups attached to an aromatic ring is 1. The zero-order valence-electron chi connectivity index (χ0n) is 63.2. The molecule has 618 valence electrons. The molecule has 32 heteroatoms. The number of sulfonamides is 2. The smallest absolute Gasteiger partial charge is 0.462 e. The number of esters is 2. The van der Waals surface area contributed by atoms with Crippen LogP contribution in [0.4, 0.5) is 60.5 Å². The van der Waals surface area contributed by atoms with E-state index in [-0.39, 0.29) is 101 Å². The zero-order valence-corrected chi connectivity index (χ0v) is 64.8. The maximum Gasteiger partial charge on any atom is 0.514 e. The maximum atomic E-state index is 12.6. The van der Waals surface area contributed by atoms with Crippen LogP contribution in [-0.2, 0) is 53.6 Å². The molecule has 0 spiro atoms. The number of anilines is 3. The highest BCUT2D eigenvalue weighted by Crippen LogP contribution is 2.56. The van der Waals surface area contributed by atoms with Gasteiger partial charge in [-0.25, -0.2) is 9.59 Å². The van der Waals surface area contributed by atoms with Gasteiger partial charge in [0.2, 0.25) is 0 Å². The number of rotatable bonds is 21. The van der Waals surface area contributed by atoms with Gasteiger partial charge in [0.25, 0.3) is 17.1 Å². The number of nitro groups is 3. The number of fused-ring (bicyclic) bond motifs is 11. The fourth-order valence-corrected chi connectivity index (χ4v) is 16.0. The lowest BCUT2D eigenvalue weighted by atomic mass is 9.75. The minimum atomic E-state index is -6.86. The lowest BCUT2D eigenvalue weighted by Crippen LogP contribution is -2.49. The second-order valence-corrected chi connectivity index (χ2v) is 31.0. The summed E-state index contributed by atoms with van der Waals surface area (Å²) in [7, 11) is -13.7. The molecular weight excluding hydrogens is 1570 g/mol. The van der Waals surface area contributed by atoms with Gasteiger partial charge in [0.1, 0.15) is 6.29 Å². The number of nitrogens with one attached hydrogen (secondary N) is 2. The third-order valence-corrected chi connectivity index (χ3v) is 22.9. The number of carbonyl (C=O) groups excluding carboxylic acids is 4. The predicted octanol–water partition coefficient (Wildman–Crippen LogP) is 19.5. The Bertz CT molecular complexity index is 5230. The summed E-state index contributed by atoms with van der Waals surface area (Å²) in [5.74, 6) is 0.354. The van der Waals surface area contributed by atoms with Crippen LogP contribution in [0.25, 0.3) is 6.08 Å². The van der Waals surface area contributed by atoms with Crippen LogP contribution in [0.2, 0.25) is 0 Å². The van der Waals surface area contributed by atoms with E-state index in [9.17, 15) is 92.7 Å². The molecule has 2 aliphatic heterocycles. The number of ether oxygens (including phenoxy) is 2. The summed E-state index contributed by atoms with van der Waals surface area (Å²) in [6.07, 6.45) is 11.8. The maximum absolute atomic E-state index is 12.6. The Morgan fingerprint density at radius 2 is 0.897 bits per heavy atom. The molecule has 9 aromatic carbocycles. The van der Waals surface area contributed by atoms with E-state index in [2.05, 4.69) is 114 Å². The van der Waals surface area contributed by atoms with Crippen LogP contribution in [-0.4, -0.2) is 90.3 Å². The van der Waals surface area contributed by atoms with Crippen molar-refractivity contribution < 1.29 is 91.4 Å². The predicted molar refractivity (Wildman–Crippen MR) is 431 cm³/mol. The standard InChI is InChI=1S/C27H26N2O4.C24H20N2O3.C11H15NO2.C9H8.C7H5NO3.C6H9F6NO5S2.CH4/c1-2-3-14-33-27(30)19-10-13-24-22(16-19)25-21-7-5-4-6-18(21)15-23(25)26(28-24)17-8-11-20(12-9-17)29(31)32;1-14(27)16-8-11-22-20(12-16)23-19-5-3-2-4-17(19)13-21(23)24(25-22)15-6-9-18(10-7-15)26(28)29;1-2-3-8-14-11(13)9-4-6-10(12)7-5-9;1-2-5-9-7-3-6-8(9)4-1;9-5-6-1-3-7(4-2-6)8(10)11;1-2-3-4-18-13(19(14,15)5(7,8)9)20(16,17)6(10,11)12;/h4-13,16,23,25-26,28H,2-3,14-15H2,1H3;2-12,21,23-25H,13H2,1H3;4-7H,2-3,8,12H2,1H3;1-6H,7H2;1-5H;2-4H2,1H3;1H4. The Hall–Kier alpha value is -12.0. The molecule has 0 aromatic heterocycles. The lowest BCUT2D eigenvalue weighted by Gasteiger charge is -2.38. The van der Waals surface area contributed by atoms with E-state index in [1.165, 1.54) is 64.6 Å². The van der Waals surface area contributed by atoms with Gasteiger partial charge in [0.05, 0.1) is 57.8 Å². The summed E-state index contributed by atoms with van der Waals surface area (Å²) in [5.41, 5.74) is 10.5. The molecule has 5 aliphatic rings. The van der Waals surface area contributed by atoms with Crippen LogP contribution >= 0.6 is 0 Å². The average molecular weight is 1660 g/mol. The third-order valence-electron chi connectivity index (χ3n) is 19.6. The Balaban J connectivity index is 0.000000185. The number of carbonyl (C=O) groups is 4. The summed E-state index contributed by atoms with van der Waals surface area (Å²) in [6.45, 7) is 7.14. The van der Waals surface area contributed by atoms with Crippen LogP contribution in [0.1, 0.15) is 195 Å². The van der Waals surface area contributed by atoms with Crippen LogP contribution in [0.3, 0.4) is 0 Å². The number of unbranched alkanes of at least 4 members (excludes halogenated alkanes) is 3. The molecule has 0 radical (unpaired) electrons. The number of hydrogen-bond donors (Lipinski definition) is 3. The van der Waals surface area contributed by atoms with E-state index in [1.54, 1.807) is 55.5 Å². The van der Waals surface area contributed by atoms with Crippen molar-refractivity contribution in [2.24, 2.45) is 11.8 Å². The van der Waals surface area contributed by atoms with Crippen LogP contribution in [0.15, 0.2) is 212 Å². The molecule has 3 aliphatic carbocycles. The van der Waals surface area contributed by atoms with Crippen LogP contribution in [0, 0.1) is 42.2 Å². The Kier molecular flexibility index (Phi) is 31.4. The van der Waals surface area contributed by atoms with Gasteiger partial charge in [0, 0.05) is 80.3 Å². The molecule has 24 nitrogen and oxygen atoms in total. The van der Waals surface area contributed by atoms with Crippen molar-refractivity contribution in [3.05, 3.63) is 321 Å². The number of halogens is 6. The minimum absolute atomic E-state index is 0. The molecule has 0 saturated carbocycles. The van der Waals surface area contributed by atoms with Crippen molar-refractivity contribution >= 4 is 84.3 Å². The molecule has 0 saturated heterocycles. The Labute approximate surface area is 672 Å². The monoisotopic (exact) mass is 1660 g/mol. The number of benzene rings is 9. The molecule has 0 bridgehead atoms. The molecule has 117 heavy (non-hydrogen) atoms. The first-order valence-corrected chi connectivity index (χ1v) is 39.8. The zero-order chi connectivity index (χ0) is 84.2. The average Bonchev–Trinajstić information content (AvgIpc) is 1.75. The van der Waals surface area contributed by atoms with E-state index < -0.39 is 46.5 Å². The first-order chi connectivity index (χ1) is 55.2. The van der Waals surface area contributed by atoms with Gasteiger partial charge in [-0.15, -0.1) is 0 Å². The number of allylic oxidation sites excluding steroid dienone is 1. The normalized spacial score (nSPS) is 16.6. The summed E-state index contributed by atoms with van der Waals surface area (Å²) < 4.78 is 125. The fourth-order valence-electron chi connectivity index (χ4n) is 13.7. The number of hydrogen-bond acceptors (Lipinski definition) is 20. The third kappa shape index (κ3) is 22.4. The highest BCUT2D eigenvalue weighted by molar-refractivity contribution is 8.04. The molecule has 4 N–H and O–H groups in total. The number of ketones is 1. The van der Waals surface area contributed by atoms with Crippen molar-refractivity contribution in [1.82, 2.24) is 3.87 Å². The Morgan fingerprint density at radius 3 is 1.31 bits per heavy atom. The van der Waals surface area contributed by atoms with E-state index in [4.69, 9.17) is 15.2 Å². The minimum Gasteiger partial charge on any atom is -0.462 e. The molecule has 6 atom stereocenters. The van der Waals surface area contributed by atoms with E-state index in [0.29, 0.717) is 41.9 Å². The van der Waals surface area contributed by atoms with Crippen LogP contribution in [0.5, 0.6) is 0 Å². The molecule has 14 rings (SSSR count). The summed E-state index contributed by atoms with van der Waals surface area (Å²) in [4.78, 5) is 80.8. The first kappa shape index (κ1) is 90.5. The highest BCUT2D eigenvalue weighted by atomic mass is 32.3. The number of nitrogens with zero attached hydrogens (tertiary/aromatic N) is 4. The molecule has 0 amide bonds. The number of nitro benzene ring substituents is 3. The lowest BCUT2D eigenvalue weighted by molar-refractivity contribution is -0.385. The fraction of sp³-hybridized carbons (Fsp3) is 0.294. The van der Waals surface area contributed by atoms with Crippen molar-refractivity contribution in [1.29, 1.82) is 0 Å². The van der Waals surface area contributed by atoms with Crippen molar-refractivity contribution in [3.8, 4) is 0 Å². The number of alkyl halides is 6. The number of non-ortho nitro benzene ring substituents is 3. The molecular formula is C85H87F6N7O17S2. The number of Topliss-reactive ketones (excluding diaryl/α,β-unsaturated/α-hetero) is 1. The second kappa shape index (κ2) is 40.5. The van der Waals surface area contributed by atoms with Gasteiger partial charge in [-0.2, -0.15) is 43.2 Å². The first-order valence-electron chi connectivity index (χ1n) is 36.9. The highest BCUT2D eigenvalue weighted by Gasteiger charge is 2.63. The molecule has 2 heterocycles. The second-order valence-electron chi connectivity index (χ2n) is 27.3. The number of aldehydes is 1. The van der Waals surface area contributed by atoms with Crippen molar-refractivity contribution in [2.45, 2.75) is 128 Å². The molecule has 9 aromatic rings. The summed E-state index contributed by atoms with van der Waals surface area (Å²) in [6, 6.07) is 62.9. The van der Waals surface area contributed by atoms with Gasteiger partial charge in [-0.05, 0) is 186 Å². The van der Waals surface area contributed by atoms with Crippen molar-refractivity contribution in [3.63, 3.8) is 0 Å². The van der Waals surface area contributed by atoms with Crippen LogP contribution < -0.4 is 16.4 Å². The van der Waals surface area contributed by atoms with E-state index in [0.717, 1.165) is 84.1 Å². The van der Waals surface area contributed by atoms with Gasteiger partial charge < -0.3 is 25.8 Å². The largest absolute Gasteiger partial charge is 0.514 e. The summed E-state index contributed by atoms with van der Waals surface area (Å²) >= 11 is 0. The van der Waals surface area contributed by atoms with Gasteiger partial charge >= 0.3 is 43.0 Å². The quantitative estimate of drug-likeness (QED) is 0.00879. The Morgan fingerprint density at radius 1 is 0.513 bits per heavy atom. The van der Waals surface area contributed by atoms with Crippen molar-refractivity contribution in [2.75, 3.05) is 36.2 Å². The molecule has 6 unspecified atom stereocenters. The van der Waals surface area contributed by atoms with Gasteiger partial charge in [0.15, 0.2) is 5.78 Å². The molecule has 0 fully saturated rings. The van der Waals surface area contributed by atoms with E-state index >= 15 is 0 Å². The summed E-state index contributed by atoms with van der Waals surface area (Å²) in [5, 5.41) is 39.6. The van der Waals surface area contributed by atoms with E-state index in [1.807, 2.05) is 60.7 Å². The van der Waals surface area contributed by atoms with Gasteiger partial charge in [-0.3, -0.25) is 44.8 Å². The SMILES string of the molecule is C.C1=Cc2ccccc2C1.CC(=O)c1ccc2c(c1)C1c3ccccc3CC1C(c1ccc([N+](=O)[O-])cc1)N2.CCCCOC(=O)c1ccc(N)cc1.CCCCOC(=O)c1ccc2c(c1)C1c3ccccc3CC1C(c1ccc([N+](=O)[O-])cc1)N2.CCCCON(S(=O)(=O)C(F)(F)F)S(=O)(=O)C(F)(F)F.O=Cc1ccc([N+](=O)[O-])cc1. The topological polar surface area (TPSA) is 347 Å². The number of nitrogens with two attached hydrogens (primary N) is 1.